The second-order valence-electron chi connectivity index (χ2n) is 6.76. The molecule has 0 spiro atoms. The molecular weight excluding hydrogens is 392 g/mol. The Balaban J connectivity index is 1.43. The van der Waals surface area contributed by atoms with Crippen molar-refractivity contribution in [2.24, 2.45) is 0 Å². The molecule has 1 amide bonds. The second kappa shape index (κ2) is 8.71. The zero-order valence-electron chi connectivity index (χ0n) is 15.4. The van der Waals surface area contributed by atoms with E-state index >= 15 is 0 Å². The number of nitrogens with one attached hydrogen (secondary N) is 1. The summed E-state index contributed by atoms with van der Waals surface area (Å²) in [7, 11) is 0. The molecule has 2 aromatic heterocycles. The average molecular weight is 413 g/mol. The van der Waals surface area contributed by atoms with Crippen molar-refractivity contribution in [2.75, 3.05) is 18.0 Å². The maximum absolute atomic E-state index is 12.6. The first-order valence-corrected chi connectivity index (χ1v) is 10.6. The maximum Gasteiger partial charge on any atom is 0.271 e. The lowest BCUT2D eigenvalue weighted by Crippen LogP contribution is -2.32. The van der Waals surface area contributed by atoms with Crippen LogP contribution in [0.25, 0.3) is 10.6 Å². The zero-order valence-corrected chi connectivity index (χ0v) is 17.0. The molecule has 1 aliphatic rings. The van der Waals surface area contributed by atoms with Gasteiger partial charge in [0.2, 0.25) is 0 Å². The van der Waals surface area contributed by atoms with Crippen molar-refractivity contribution in [3.63, 3.8) is 0 Å². The van der Waals surface area contributed by atoms with Gasteiger partial charge in [-0.2, -0.15) is 0 Å². The van der Waals surface area contributed by atoms with Crippen molar-refractivity contribution in [1.29, 1.82) is 0 Å². The number of amides is 1. The van der Waals surface area contributed by atoms with Crippen molar-refractivity contribution in [2.45, 2.75) is 25.8 Å². The summed E-state index contributed by atoms with van der Waals surface area (Å²) in [5, 5.41) is 6.25. The molecule has 3 heterocycles. The molecule has 1 aromatic carbocycles. The van der Waals surface area contributed by atoms with Crippen molar-refractivity contribution in [3.8, 4) is 10.6 Å². The van der Waals surface area contributed by atoms with Gasteiger partial charge in [0, 0.05) is 47.4 Å². The number of pyridine rings is 1. The van der Waals surface area contributed by atoms with E-state index in [0.717, 1.165) is 35.0 Å². The van der Waals surface area contributed by atoms with Crippen LogP contribution < -0.4 is 10.2 Å². The molecule has 1 aliphatic heterocycles. The SMILES string of the molecule is O=C(NCc1cccnc1N1CCCCC1)c1csc(-c2ccc(Cl)cc2)n1. The van der Waals surface area contributed by atoms with Gasteiger partial charge < -0.3 is 10.2 Å². The van der Waals surface area contributed by atoms with E-state index < -0.39 is 0 Å². The largest absolute Gasteiger partial charge is 0.356 e. The minimum Gasteiger partial charge on any atom is -0.356 e. The van der Waals surface area contributed by atoms with Crippen LogP contribution in [-0.2, 0) is 6.54 Å². The monoisotopic (exact) mass is 412 g/mol. The third-order valence-electron chi connectivity index (χ3n) is 4.79. The van der Waals surface area contributed by atoms with E-state index in [2.05, 4.69) is 20.2 Å². The summed E-state index contributed by atoms with van der Waals surface area (Å²) in [4.78, 5) is 23.9. The van der Waals surface area contributed by atoms with Crippen molar-refractivity contribution in [3.05, 3.63) is 64.3 Å². The Morgan fingerprint density at radius 1 is 1.14 bits per heavy atom. The molecule has 0 unspecified atom stereocenters. The topological polar surface area (TPSA) is 58.1 Å². The highest BCUT2D eigenvalue weighted by Gasteiger charge is 2.17. The molecule has 4 rings (SSSR count). The van der Waals surface area contributed by atoms with Gasteiger partial charge in [-0.25, -0.2) is 9.97 Å². The molecule has 0 atom stereocenters. The molecule has 7 heteroatoms. The van der Waals surface area contributed by atoms with Crippen LogP contribution in [-0.4, -0.2) is 29.0 Å². The summed E-state index contributed by atoms with van der Waals surface area (Å²) in [6.07, 6.45) is 5.46. The molecular formula is C21H21ClN4OS. The van der Waals surface area contributed by atoms with E-state index in [-0.39, 0.29) is 5.91 Å². The molecule has 3 aromatic rings. The van der Waals surface area contributed by atoms with Crippen LogP contribution in [0.3, 0.4) is 0 Å². The number of rotatable bonds is 5. The number of thiazole rings is 1. The quantitative estimate of drug-likeness (QED) is 0.655. The third-order valence-corrected chi connectivity index (χ3v) is 5.93. The van der Waals surface area contributed by atoms with E-state index in [1.807, 2.05) is 42.6 Å². The summed E-state index contributed by atoms with van der Waals surface area (Å²) < 4.78 is 0. The van der Waals surface area contributed by atoms with Gasteiger partial charge in [0.05, 0.1) is 0 Å². The van der Waals surface area contributed by atoms with Crippen molar-refractivity contribution in [1.82, 2.24) is 15.3 Å². The van der Waals surface area contributed by atoms with Crippen LogP contribution in [0, 0.1) is 0 Å². The fourth-order valence-electron chi connectivity index (χ4n) is 3.33. The molecule has 0 bridgehead atoms. The van der Waals surface area contributed by atoms with E-state index in [0.29, 0.717) is 17.3 Å². The van der Waals surface area contributed by atoms with E-state index in [1.54, 1.807) is 5.38 Å². The second-order valence-corrected chi connectivity index (χ2v) is 8.06. The number of carbonyl (C=O) groups is 1. The molecule has 28 heavy (non-hydrogen) atoms. The first kappa shape index (κ1) is 18.9. The average Bonchev–Trinajstić information content (AvgIpc) is 3.24. The minimum atomic E-state index is -0.176. The number of benzene rings is 1. The Morgan fingerprint density at radius 2 is 1.93 bits per heavy atom. The Bertz CT molecular complexity index is 951. The lowest BCUT2D eigenvalue weighted by atomic mass is 10.1. The molecule has 0 saturated carbocycles. The Morgan fingerprint density at radius 3 is 2.71 bits per heavy atom. The van der Waals surface area contributed by atoms with Gasteiger partial charge in [-0.3, -0.25) is 4.79 Å². The van der Waals surface area contributed by atoms with Crippen LogP contribution in [0.5, 0.6) is 0 Å². The van der Waals surface area contributed by atoms with Crippen LogP contribution >= 0.6 is 22.9 Å². The van der Waals surface area contributed by atoms with Gasteiger partial charge in [0.25, 0.3) is 5.91 Å². The highest BCUT2D eigenvalue weighted by Crippen LogP contribution is 2.25. The number of anilines is 1. The Kier molecular flexibility index (Phi) is 5.88. The van der Waals surface area contributed by atoms with Gasteiger partial charge in [0.1, 0.15) is 16.5 Å². The summed E-state index contributed by atoms with van der Waals surface area (Å²) in [6, 6.07) is 11.4. The minimum absolute atomic E-state index is 0.176. The molecule has 1 fully saturated rings. The summed E-state index contributed by atoms with van der Waals surface area (Å²) in [5.74, 6) is 0.799. The number of carbonyl (C=O) groups excluding carboxylic acids is 1. The lowest BCUT2D eigenvalue weighted by Gasteiger charge is -2.29. The van der Waals surface area contributed by atoms with Gasteiger partial charge in [-0.1, -0.05) is 29.8 Å². The Hall–Kier alpha value is -2.44. The van der Waals surface area contributed by atoms with Crippen molar-refractivity contribution >= 4 is 34.7 Å². The highest BCUT2D eigenvalue weighted by molar-refractivity contribution is 7.13. The molecule has 1 saturated heterocycles. The van der Waals surface area contributed by atoms with Crippen LogP contribution in [0.15, 0.2) is 48.0 Å². The first-order chi connectivity index (χ1) is 13.7. The standard InChI is InChI=1S/C21H21ClN4OS/c22-17-8-6-15(7-9-17)21-25-18(14-28-21)20(27)24-13-16-5-4-10-23-19(16)26-11-2-1-3-12-26/h4-10,14H,1-3,11-13H2,(H,24,27). The smallest absolute Gasteiger partial charge is 0.271 e. The van der Waals surface area contributed by atoms with E-state index in [4.69, 9.17) is 11.6 Å². The molecule has 1 N–H and O–H groups in total. The van der Waals surface area contributed by atoms with Gasteiger partial charge in [0.15, 0.2) is 0 Å². The molecule has 5 nitrogen and oxygen atoms in total. The lowest BCUT2D eigenvalue weighted by molar-refractivity contribution is 0.0946. The van der Waals surface area contributed by atoms with Gasteiger partial charge in [-0.05, 0) is 37.5 Å². The predicted octanol–water partition coefficient (Wildman–Crippen LogP) is 4.78. The molecule has 144 valence electrons. The van der Waals surface area contributed by atoms with Gasteiger partial charge >= 0.3 is 0 Å². The van der Waals surface area contributed by atoms with E-state index in [1.165, 1.54) is 30.6 Å². The number of nitrogens with zero attached hydrogens (tertiary/aromatic N) is 3. The summed E-state index contributed by atoms with van der Waals surface area (Å²) in [6.45, 7) is 2.48. The highest BCUT2D eigenvalue weighted by atomic mass is 35.5. The van der Waals surface area contributed by atoms with Crippen LogP contribution in [0.2, 0.25) is 5.02 Å². The van der Waals surface area contributed by atoms with Crippen LogP contribution in [0.1, 0.15) is 35.3 Å². The van der Waals surface area contributed by atoms with Crippen molar-refractivity contribution < 1.29 is 4.79 Å². The first-order valence-electron chi connectivity index (χ1n) is 9.39. The zero-order chi connectivity index (χ0) is 19.3. The van der Waals surface area contributed by atoms with Crippen LogP contribution in [0.4, 0.5) is 5.82 Å². The molecule has 0 aliphatic carbocycles. The number of piperidine rings is 1. The summed E-state index contributed by atoms with van der Waals surface area (Å²) in [5.41, 5.74) is 2.41. The fourth-order valence-corrected chi connectivity index (χ4v) is 4.26. The molecule has 0 radical (unpaired) electrons. The Labute approximate surface area is 173 Å². The number of halogens is 1. The predicted molar refractivity (Wildman–Crippen MR) is 114 cm³/mol. The third kappa shape index (κ3) is 4.34. The normalized spacial score (nSPS) is 14.1. The summed E-state index contributed by atoms with van der Waals surface area (Å²) >= 11 is 7.38. The number of aromatic nitrogens is 2. The van der Waals surface area contributed by atoms with Gasteiger partial charge in [-0.15, -0.1) is 11.3 Å². The fraction of sp³-hybridized carbons (Fsp3) is 0.286. The van der Waals surface area contributed by atoms with E-state index in [9.17, 15) is 4.79 Å². The maximum atomic E-state index is 12.6. The number of hydrogen-bond donors (Lipinski definition) is 1. The number of hydrogen-bond acceptors (Lipinski definition) is 5.